The summed E-state index contributed by atoms with van der Waals surface area (Å²) in [6.07, 6.45) is -0.388. The molecule has 11 heavy (non-hydrogen) atoms. The van der Waals surface area contributed by atoms with Crippen molar-refractivity contribution >= 4 is 11.8 Å². The van der Waals surface area contributed by atoms with E-state index in [4.69, 9.17) is 10.2 Å². The van der Waals surface area contributed by atoms with Crippen LogP contribution in [-0.4, -0.2) is 35.5 Å². The minimum absolute atomic E-state index is 0.388. The van der Waals surface area contributed by atoms with Crippen LogP contribution in [0.4, 0.5) is 0 Å². The number of aliphatic hydroxyl groups is 2. The smallest absolute Gasteiger partial charge is 0.231 e. The molecule has 2 amide bonds. The molecule has 0 saturated heterocycles. The Bertz CT molecular complexity index is 131. The van der Waals surface area contributed by atoms with Crippen LogP contribution in [0.15, 0.2) is 0 Å². The summed E-state index contributed by atoms with van der Waals surface area (Å²) in [5.41, 5.74) is 0. The number of hydrogen-bond acceptors (Lipinski definition) is 4. The third-order valence-electron chi connectivity index (χ3n) is 0.874. The largest absolute Gasteiger partial charge is 0.377 e. The van der Waals surface area contributed by atoms with Gasteiger partial charge in [-0.15, -0.1) is 0 Å². The van der Waals surface area contributed by atoms with E-state index >= 15 is 0 Å². The third kappa shape index (κ3) is 5.31. The predicted molar refractivity (Wildman–Crippen MR) is 35.1 cm³/mol. The first-order valence-corrected chi connectivity index (χ1v) is 2.95. The quantitative estimate of drug-likeness (QED) is 0.271. The lowest BCUT2D eigenvalue weighted by atomic mass is 10.4. The van der Waals surface area contributed by atoms with Crippen molar-refractivity contribution in [2.75, 3.05) is 13.5 Å². The van der Waals surface area contributed by atoms with Crippen LogP contribution in [0.5, 0.6) is 0 Å². The molecule has 0 aromatic heterocycles. The Kier molecular flexibility index (Phi) is 5.05. The summed E-state index contributed by atoms with van der Waals surface area (Å²) in [6, 6.07) is 0. The van der Waals surface area contributed by atoms with Crippen LogP contribution in [0.2, 0.25) is 0 Å². The van der Waals surface area contributed by atoms with Crippen molar-refractivity contribution in [3.05, 3.63) is 0 Å². The van der Waals surface area contributed by atoms with Gasteiger partial charge in [0.25, 0.3) is 0 Å². The van der Waals surface area contributed by atoms with Gasteiger partial charge in [-0.3, -0.25) is 9.59 Å². The summed E-state index contributed by atoms with van der Waals surface area (Å²) in [5, 5.41) is 20.4. The first kappa shape index (κ1) is 9.86. The number of nitrogens with one attached hydrogen (secondary N) is 2. The van der Waals surface area contributed by atoms with Crippen molar-refractivity contribution in [2.24, 2.45) is 0 Å². The molecule has 0 unspecified atom stereocenters. The Labute approximate surface area is 63.2 Å². The fourth-order valence-electron chi connectivity index (χ4n) is 0.447. The molecule has 0 aliphatic carbocycles. The van der Waals surface area contributed by atoms with Gasteiger partial charge in [0.2, 0.25) is 11.8 Å². The van der Waals surface area contributed by atoms with Crippen LogP contribution in [0.3, 0.4) is 0 Å². The van der Waals surface area contributed by atoms with Crippen molar-refractivity contribution in [3.63, 3.8) is 0 Å². The molecule has 0 rings (SSSR count). The van der Waals surface area contributed by atoms with E-state index in [1.807, 2.05) is 10.6 Å². The van der Waals surface area contributed by atoms with Crippen LogP contribution in [0.25, 0.3) is 0 Å². The minimum Gasteiger partial charge on any atom is -0.377 e. The molecule has 0 atom stereocenters. The van der Waals surface area contributed by atoms with Gasteiger partial charge in [-0.25, -0.2) is 0 Å². The van der Waals surface area contributed by atoms with Crippen LogP contribution in [-0.2, 0) is 9.59 Å². The van der Waals surface area contributed by atoms with Crippen molar-refractivity contribution < 1.29 is 19.8 Å². The van der Waals surface area contributed by atoms with E-state index in [0.29, 0.717) is 0 Å². The first-order chi connectivity index (χ1) is 5.20. The number of carbonyl (C=O) groups excluding carboxylic acids is 2. The Morgan fingerprint density at radius 2 is 1.36 bits per heavy atom. The van der Waals surface area contributed by atoms with Crippen molar-refractivity contribution in [3.8, 4) is 0 Å². The maximum Gasteiger partial charge on any atom is 0.231 e. The maximum absolute atomic E-state index is 10.5. The second kappa shape index (κ2) is 5.63. The highest BCUT2D eigenvalue weighted by atomic mass is 16.3. The molecule has 0 aromatic rings. The molecule has 4 N–H and O–H groups in total. The molecule has 0 aliphatic heterocycles. The minimum atomic E-state index is -0.585. The van der Waals surface area contributed by atoms with Crippen molar-refractivity contribution in [1.82, 2.24) is 10.6 Å². The van der Waals surface area contributed by atoms with E-state index in [1.165, 1.54) is 0 Å². The fraction of sp³-hybridized carbons (Fsp3) is 0.600. The van der Waals surface area contributed by atoms with Crippen molar-refractivity contribution in [1.29, 1.82) is 0 Å². The SMILES string of the molecule is O=C(CC(=O)NCO)NCO. The van der Waals surface area contributed by atoms with Gasteiger partial charge in [-0.1, -0.05) is 0 Å². The molecule has 0 bridgehead atoms. The van der Waals surface area contributed by atoms with Gasteiger partial charge in [0.15, 0.2) is 0 Å². The van der Waals surface area contributed by atoms with Gasteiger partial charge in [-0.2, -0.15) is 0 Å². The van der Waals surface area contributed by atoms with Crippen LogP contribution in [0.1, 0.15) is 6.42 Å². The summed E-state index contributed by atoms with van der Waals surface area (Å²) in [6.45, 7) is -0.990. The van der Waals surface area contributed by atoms with Crippen LogP contribution < -0.4 is 10.6 Å². The number of aliphatic hydroxyl groups excluding tert-OH is 2. The van der Waals surface area contributed by atoms with E-state index in [0.717, 1.165) is 0 Å². The zero-order chi connectivity index (χ0) is 8.69. The lowest BCUT2D eigenvalue weighted by Gasteiger charge is -2.00. The van der Waals surface area contributed by atoms with E-state index in [1.54, 1.807) is 0 Å². The standard InChI is InChI=1S/C5H10N2O4/c8-2-6-4(10)1-5(11)7-3-9/h8-9H,1-3H2,(H,6,10)(H,7,11). The number of hydrogen-bond donors (Lipinski definition) is 4. The highest BCUT2D eigenvalue weighted by Gasteiger charge is 2.06. The molecule has 0 saturated carbocycles. The highest BCUT2D eigenvalue weighted by molar-refractivity contribution is 5.96. The lowest BCUT2D eigenvalue weighted by molar-refractivity contribution is -0.130. The third-order valence-corrected chi connectivity index (χ3v) is 0.874. The van der Waals surface area contributed by atoms with Gasteiger partial charge in [0, 0.05) is 0 Å². The molecule has 64 valence electrons. The molecular formula is C5H10N2O4. The Hall–Kier alpha value is -1.14. The molecule has 0 fully saturated rings. The summed E-state index contributed by atoms with van der Waals surface area (Å²) < 4.78 is 0. The maximum atomic E-state index is 10.5. The first-order valence-electron chi connectivity index (χ1n) is 2.95. The topological polar surface area (TPSA) is 98.7 Å². The molecule has 0 spiro atoms. The van der Waals surface area contributed by atoms with Gasteiger partial charge in [-0.05, 0) is 0 Å². The van der Waals surface area contributed by atoms with Gasteiger partial charge >= 0.3 is 0 Å². The monoisotopic (exact) mass is 162 g/mol. The number of carbonyl (C=O) groups is 2. The van der Waals surface area contributed by atoms with Gasteiger partial charge in [0.05, 0.1) is 0 Å². The number of rotatable bonds is 4. The predicted octanol–water partition coefficient (Wildman–Crippen LogP) is -2.49. The molecule has 0 heterocycles. The molecule has 0 aliphatic rings. The van der Waals surface area contributed by atoms with Crippen LogP contribution >= 0.6 is 0 Å². The zero-order valence-electron chi connectivity index (χ0n) is 5.83. The molecular weight excluding hydrogens is 152 g/mol. The van der Waals surface area contributed by atoms with E-state index < -0.39 is 25.3 Å². The molecule has 6 heteroatoms. The second-order valence-electron chi connectivity index (χ2n) is 1.69. The molecule has 0 radical (unpaired) electrons. The molecule has 0 aromatic carbocycles. The van der Waals surface area contributed by atoms with Gasteiger partial charge < -0.3 is 20.8 Å². The zero-order valence-corrected chi connectivity index (χ0v) is 5.83. The summed E-state index contributed by atoms with van der Waals surface area (Å²) in [4.78, 5) is 21.0. The van der Waals surface area contributed by atoms with E-state index in [9.17, 15) is 9.59 Å². The van der Waals surface area contributed by atoms with E-state index in [2.05, 4.69) is 0 Å². The average molecular weight is 162 g/mol. The average Bonchev–Trinajstić information content (AvgIpc) is 1.87. The van der Waals surface area contributed by atoms with Crippen molar-refractivity contribution in [2.45, 2.75) is 6.42 Å². The summed E-state index contributed by atoms with van der Waals surface area (Å²) in [5.74, 6) is -1.17. The molecule has 6 nitrogen and oxygen atoms in total. The number of amides is 2. The van der Waals surface area contributed by atoms with E-state index in [-0.39, 0.29) is 6.42 Å². The Morgan fingerprint density at radius 3 is 1.64 bits per heavy atom. The Balaban J connectivity index is 3.49. The Morgan fingerprint density at radius 1 is 1.00 bits per heavy atom. The summed E-state index contributed by atoms with van der Waals surface area (Å²) in [7, 11) is 0. The van der Waals surface area contributed by atoms with Gasteiger partial charge in [0.1, 0.15) is 19.9 Å². The lowest BCUT2D eigenvalue weighted by Crippen LogP contribution is -2.32. The summed E-state index contributed by atoms with van der Waals surface area (Å²) >= 11 is 0. The highest BCUT2D eigenvalue weighted by Crippen LogP contribution is 1.77. The fourth-order valence-corrected chi connectivity index (χ4v) is 0.447. The normalized spacial score (nSPS) is 8.91. The van der Waals surface area contributed by atoms with Crippen LogP contribution in [0, 0.1) is 0 Å². The second-order valence-corrected chi connectivity index (χ2v) is 1.69.